The maximum atomic E-state index is 6.04. The number of halogens is 2. The molecule has 0 radical (unpaired) electrons. The Morgan fingerprint density at radius 1 is 0.964 bits per heavy atom. The largest absolute Gasteiger partial charge is 0.496 e. The maximum absolute atomic E-state index is 6.04. The Bertz CT molecular complexity index is 961. The van der Waals surface area contributed by atoms with E-state index in [1.165, 1.54) is 0 Å². The van der Waals surface area contributed by atoms with Gasteiger partial charge in [-0.3, -0.25) is 0 Å². The number of methoxy groups -OCH3 is 1. The van der Waals surface area contributed by atoms with E-state index < -0.39 is 0 Å². The van der Waals surface area contributed by atoms with E-state index in [2.05, 4.69) is 10.5 Å². The first kappa shape index (κ1) is 20.1. The van der Waals surface area contributed by atoms with Gasteiger partial charge < -0.3 is 14.9 Å². The van der Waals surface area contributed by atoms with Crippen molar-refractivity contribution < 1.29 is 9.47 Å². The third kappa shape index (κ3) is 5.65. The fraction of sp³-hybridized carbons (Fsp3) is 0.136. The lowest BCUT2D eigenvalue weighted by molar-refractivity contribution is 0.306. The number of hydrogen-bond donors (Lipinski definition) is 1. The highest BCUT2D eigenvalue weighted by atomic mass is 35.5. The van der Waals surface area contributed by atoms with E-state index in [1.807, 2.05) is 54.6 Å². The molecular formula is C22H20Cl2N2O2. The van der Waals surface area contributed by atoms with Gasteiger partial charge in [0.15, 0.2) is 0 Å². The van der Waals surface area contributed by atoms with Gasteiger partial charge in [0, 0.05) is 5.56 Å². The van der Waals surface area contributed by atoms with E-state index in [4.69, 9.17) is 32.7 Å². The van der Waals surface area contributed by atoms with Crippen LogP contribution < -0.4 is 14.9 Å². The van der Waals surface area contributed by atoms with Crippen LogP contribution in [0.15, 0.2) is 71.8 Å². The molecule has 144 valence electrons. The fourth-order valence-electron chi connectivity index (χ4n) is 2.58. The van der Waals surface area contributed by atoms with Crippen molar-refractivity contribution in [2.75, 3.05) is 7.11 Å². The third-order valence-electron chi connectivity index (χ3n) is 4.01. The van der Waals surface area contributed by atoms with Crippen LogP contribution in [0, 0.1) is 0 Å². The number of benzene rings is 3. The quantitative estimate of drug-likeness (QED) is 0.379. The van der Waals surface area contributed by atoms with Crippen LogP contribution in [-0.4, -0.2) is 13.3 Å². The molecule has 0 amide bonds. The van der Waals surface area contributed by atoms with E-state index in [0.717, 1.165) is 28.2 Å². The second-order valence-electron chi connectivity index (χ2n) is 6.01. The van der Waals surface area contributed by atoms with Gasteiger partial charge in [-0.2, -0.15) is 5.10 Å². The zero-order valence-corrected chi connectivity index (χ0v) is 16.9. The SMILES string of the molecule is COc1ccccc1CN/N=C/c1cccc(OCc2ccc(Cl)c(Cl)c2)c1. The Hall–Kier alpha value is -2.69. The first-order valence-electron chi connectivity index (χ1n) is 8.70. The molecule has 0 atom stereocenters. The van der Waals surface area contributed by atoms with Gasteiger partial charge in [-0.25, -0.2) is 0 Å². The molecular weight excluding hydrogens is 395 g/mol. The van der Waals surface area contributed by atoms with Crippen molar-refractivity contribution in [1.82, 2.24) is 5.43 Å². The van der Waals surface area contributed by atoms with Crippen molar-refractivity contribution >= 4 is 29.4 Å². The molecule has 0 fully saturated rings. The number of rotatable bonds is 8. The molecule has 28 heavy (non-hydrogen) atoms. The molecule has 0 saturated heterocycles. The van der Waals surface area contributed by atoms with Crippen LogP contribution in [0.3, 0.4) is 0 Å². The summed E-state index contributed by atoms with van der Waals surface area (Å²) in [4.78, 5) is 0. The molecule has 0 saturated carbocycles. The minimum atomic E-state index is 0.406. The predicted molar refractivity (Wildman–Crippen MR) is 115 cm³/mol. The smallest absolute Gasteiger partial charge is 0.123 e. The number of ether oxygens (including phenoxy) is 2. The van der Waals surface area contributed by atoms with Crippen LogP contribution >= 0.6 is 23.2 Å². The van der Waals surface area contributed by atoms with Gasteiger partial charge in [0.05, 0.1) is 29.9 Å². The van der Waals surface area contributed by atoms with Gasteiger partial charge in [-0.1, -0.05) is 59.6 Å². The Balaban J connectivity index is 1.55. The van der Waals surface area contributed by atoms with Crippen LogP contribution in [0.4, 0.5) is 0 Å². The molecule has 1 N–H and O–H groups in total. The molecule has 0 heterocycles. The second kappa shape index (κ2) is 10.0. The van der Waals surface area contributed by atoms with Gasteiger partial charge in [0.1, 0.15) is 18.1 Å². The summed E-state index contributed by atoms with van der Waals surface area (Å²) in [6, 6.07) is 21.0. The van der Waals surface area contributed by atoms with E-state index in [1.54, 1.807) is 25.5 Å². The van der Waals surface area contributed by atoms with Crippen LogP contribution in [0.1, 0.15) is 16.7 Å². The molecule has 0 aromatic heterocycles. The highest BCUT2D eigenvalue weighted by molar-refractivity contribution is 6.42. The van der Waals surface area contributed by atoms with Crippen LogP contribution in [0.2, 0.25) is 10.0 Å². The first-order valence-corrected chi connectivity index (χ1v) is 9.46. The number of para-hydroxylation sites is 1. The average molecular weight is 415 g/mol. The van der Waals surface area contributed by atoms with E-state index in [9.17, 15) is 0 Å². The van der Waals surface area contributed by atoms with Gasteiger partial charge in [-0.15, -0.1) is 0 Å². The standard InChI is InChI=1S/C22H20Cl2N2O2/c1-27-22-8-3-2-6-18(22)14-26-25-13-16-5-4-7-19(11-16)28-15-17-9-10-20(23)21(24)12-17/h2-13,26H,14-15H2,1H3/b25-13+. The monoisotopic (exact) mass is 414 g/mol. The second-order valence-corrected chi connectivity index (χ2v) is 6.83. The molecule has 3 aromatic carbocycles. The molecule has 0 bridgehead atoms. The highest BCUT2D eigenvalue weighted by Gasteiger charge is 2.02. The van der Waals surface area contributed by atoms with Gasteiger partial charge in [0.2, 0.25) is 0 Å². The lowest BCUT2D eigenvalue weighted by Crippen LogP contribution is -2.06. The molecule has 3 aromatic rings. The zero-order valence-electron chi connectivity index (χ0n) is 15.4. The summed E-state index contributed by atoms with van der Waals surface area (Å²) in [6.07, 6.45) is 1.75. The molecule has 0 aliphatic heterocycles. The normalized spacial score (nSPS) is 10.8. The van der Waals surface area contributed by atoms with Crippen LogP contribution in [0.5, 0.6) is 11.5 Å². The molecule has 3 rings (SSSR count). The van der Waals surface area contributed by atoms with Crippen molar-refractivity contribution in [3.05, 3.63) is 93.5 Å². The summed E-state index contributed by atoms with van der Waals surface area (Å²) < 4.78 is 11.2. The summed E-state index contributed by atoms with van der Waals surface area (Å²) in [5.41, 5.74) is 5.96. The van der Waals surface area contributed by atoms with E-state index in [0.29, 0.717) is 23.2 Å². The van der Waals surface area contributed by atoms with E-state index in [-0.39, 0.29) is 0 Å². The Labute approximate surface area is 174 Å². The Morgan fingerprint density at radius 3 is 2.64 bits per heavy atom. The molecule has 0 spiro atoms. The molecule has 0 aliphatic carbocycles. The average Bonchev–Trinajstić information content (AvgIpc) is 2.72. The molecule has 6 heteroatoms. The van der Waals surface area contributed by atoms with Crippen molar-refractivity contribution in [2.24, 2.45) is 5.10 Å². The summed E-state index contributed by atoms with van der Waals surface area (Å²) in [5.74, 6) is 1.59. The first-order chi connectivity index (χ1) is 13.7. The van der Waals surface area contributed by atoms with Crippen molar-refractivity contribution in [3.63, 3.8) is 0 Å². The highest BCUT2D eigenvalue weighted by Crippen LogP contribution is 2.23. The van der Waals surface area contributed by atoms with Gasteiger partial charge >= 0.3 is 0 Å². The van der Waals surface area contributed by atoms with Crippen molar-refractivity contribution in [1.29, 1.82) is 0 Å². The molecule has 0 aliphatic rings. The van der Waals surface area contributed by atoms with Crippen LogP contribution in [0.25, 0.3) is 0 Å². The number of nitrogens with zero attached hydrogens (tertiary/aromatic N) is 1. The van der Waals surface area contributed by atoms with Crippen LogP contribution in [-0.2, 0) is 13.2 Å². The Kier molecular flexibility index (Phi) is 7.18. The fourth-order valence-corrected chi connectivity index (χ4v) is 2.90. The van der Waals surface area contributed by atoms with Crippen molar-refractivity contribution in [2.45, 2.75) is 13.2 Å². The van der Waals surface area contributed by atoms with Crippen molar-refractivity contribution in [3.8, 4) is 11.5 Å². The maximum Gasteiger partial charge on any atom is 0.123 e. The lowest BCUT2D eigenvalue weighted by Gasteiger charge is -2.08. The van der Waals surface area contributed by atoms with Gasteiger partial charge in [0.25, 0.3) is 0 Å². The van der Waals surface area contributed by atoms with Gasteiger partial charge in [-0.05, 0) is 41.5 Å². The molecule has 4 nitrogen and oxygen atoms in total. The number of nitrogens with one attached hydrogen (secondary N) is 1. The minimum absolute atomic E-state index is 0.406. The summed E-state index contributed by atoms with van der Waals surface area (Å²) in [6.45, 7) is 0.984. The Morgan fingerprint density at radius 2 is 1.82 bits per heavy atom. The topological polar surface area (TPSA) is 42.8 Å². The summed E-state index contributed by atoms with van der Waals surface area (Å²) in [5, 5.41) is 5.32. The predicted octanol–water partition coefficient (Wildman–Crippen LogP) is 5.70. The minimum Gasteiger partial charge on any atom is -0.496 e. The third-order valence-corrected chi connectivity index (χ3v) is 4.75. The summed E-state index contributed by atoms with van der Waals surface area (Å²) >= 11 is 12.0. The zero-order chi connectivity index (χ0) is 19.8. The lowest BCUT2D eigenvalue weighted by atomic mass is 10.2. The summed E-state index contributed by atoms with van der Waals surface area (Å²) in [7, 11) is 1.66. The van der Waals surface area contributed by atoms with E-state index >= 15 is 0 Å². The molecule has 0 unspecified atom stereocenters. The number of hydrogen-bond acceptors (Lipinski definition) is 4. The number of hydrazone groups is 1.